The van der Waals surface area contributed by atoms with Gasteiger partial charge >= 0.3 is 0 Å². The minimum atomic E-state index is 0.376. The molecule has 0 spiro atoms. The molecule has 1 saturated carbocycles. The van der Waals surface area contributed by atoms with Gasteiger partial charge in [-0.1, -0.05) is 20.3 Å². The van der Waals surface area contributed by atoms with Gasteiger partial charge in [-0.2, -0.15) is 0 Å². The van der Waals surface area contributed by atoms with Crippen molar-refractivity contribution in [1.29, 1.82) is 0 Å². The molecule has 1 aliphatic rings. The Morgan fingerprint density at radius 2 is 2.17 bits per heavy atom. The van der Waals surface area contributed by atoms with Crippen LogP contribution in [0.25, 0.3) is 0 Å². The van der Waals surface area contributed by atoms with E-state index in [1.165, 1.54) is 19.3 Å². The first kappa shape index (κ1) is 9.72. The lowest BCUT2D eigenvalue weighted by Gasteiger charge is -2.40. The molecule has 0 aromatic heterocycles. The second-order valence-electron chi connectivity index (χ2n) is 4.41. The number of carbonyl (C=O) groups is 1. The van der Waals surface area contributed by atoms with Crippen molar-refractivity contribution in [3.63, 3.8) is 0 Å². The molecule has 2 nitrogen and oxygen atoms in total. The first-order chi connectivity index (χ1) is 5.67. The molecule has 0 radical (unpaired) electrons. The predicted molar refractivity (Wildman–Crippen MR) is 50.1 cm³/mol. The van der Waals surface area contributed by atoms with E-state index in [0.717, 1.165) is 18.7 Å². The molecule has 0 saturated heterocycles. The predicted octanol–water partition coefficient (Wildman–Crippen LogP) is 1.60. The van der Waals surface area contributed by atoms with Gasteiger partial charge in [-0.05, 0) is 24.2 Å². The Bertz CT molecular complexity index is 150. The molecule has 0 aromatic rings. The fraction of sp³-hybridized carbons (Fsp3) is 0.900. The zero-order valence-electron chi connectivity index (χ0n) is 8.10. The quantitative estimate of drug-likeness (QED) is 0.500. The maximum atomic E-state index is 10.1. The summed E-state index contributed by atoms with van der Waals surface area (Å²) in [6.45, 7) is 6.04. The van der Waals surface area contributed by atoms with Crippen molar-refractivity contribution in [3.05, 3.63) is 0 Å². The van der Waals surface area contributed by atoms with Gasteiger partial charge in [0.25, 0.3) is 0 Å². The average molecular weight is 169 g/mol. The van der Waals surface area contributed by atoms with Gasteiger partial charge in [0.05, 0.1) is 6.54 Å². The van der Waals surface area contributed by atoms with Crippen LogP contribution in [-0.2, 0) is 4.79 Å². The number of aldehydes is 1. The van der Waals surface area contributed by atoms with Crippen molar-refractivity contribution in [1.82, 2.24) is 5.32 Å². The van der Waals surface area contributed by atoms with Crippen LogP contribution in [0.5, 0.6) is 0 Å². The van der Waals surface area contributed by atoms with E-state index in [2.05, 4.69) is 19.2 Å². The third-order valence-electron chi connectivity index (χ3n) is 3.02. The molecule has 0 aliphatic heterocycles. The number of hydrogen-bond acceptors (Lipinski definition) is 2. The van der Waals surface area contributed by atoms with E-state index >= 15 is 0 Å². The van der Waals surface area contributed by atoms with Gasteiger partial charge in [0.2, 0.25) is 0 Å². The molecule has 0 atom stereocenters. The fourth-order valence-corrected chi connectivity index (χ4v) is 1.79. The summed E-state index contributed by atoms with van der Waals surface area (Å²) < 4.78 is 0. The van der Waals surface area contributed by atoms with E-state index in [0.29, 0.717) is 12.0 Å². The maximum absolute atomic E-state index is 10.1. The topological polar surface area (TPSA) is 29.1 Å². The zero-order valence-corrected chi connectivity index (χ0v) is 8.10. The highest BCUT2D eigenvalue weighted by atomic mass is 16.1. The van der Waals surface area contributed by atoms with Crippen LogP contribution in [0.1, 0.15) is 33.1 Å². The summed E-state index contributed by atoms with van der Waals surface area (Å²) >= 11 is 0. The van der Waals surface area contributed by atoms with Crippen molar-refractivity contribution in [2.24, 2.45) is 11.3 Å². The van der Waals surface area contributed by atoms with Gasteiger partial charge in [-0.15, -0.1) is 0 Å². The van der Waals surface area contributed by atoms with Crippen LogP contribution in [0.15, 0.2) is 0 Å². The van der Waals surface area contributed by atoms with Crippen LogP contribution >= 0.6 is 0 Å². The lowest BCUT2D eigenvalue weighted by atomic mass is 9.67. The maximum Gasteiger partial charge on any atom is 0.133 e. The van der Waals surface area contributed by atoms with E-state index in [1.54, 1.807) is 0 Å². The Labute approximate surface area is 74.7 Å². The molecule has 2 heteroatoms. The van der Waals surface area contributed by atoms with Gasteiger partial charge < -0.3 is 10.1 Å². The molecule has 0 bridgehead atoms. The van der Waals surface area contributed by atoms with Crippen LogP contribution in [0.4, 0.5) is 0 Å². The lowest BCUT2D eigenvalue weighted by Crippen LogP contribution is -2.39. The van der Waals surface area contributed by atoms with E-state index in [9.17, 15) is 4.79 Å². The van der Waals surface area contributed by atoms with Crippen LogP contribution < -0.4 is 5.32 Å². The Hall–Kier alpha value is -0.370. The Morgan fingerprint density at radius 3 is 2.58 bits per heavy atom. The molecule has 1 N–H and O–H groups in total. The number of hydrogen-bond donors (Lipinski definition) is 1. The van der Waals surface area contributed by atoms with Gasteiger partial charge in [-0.3, -0.25) is 0 Å². The van der Waals surface area contributed by atoms with Gasteiger partial charge in [0, 0.05) is 6.54 Å². The van der Waals surface area contributed by atoms with Crippen LogP contribution in [-0.4, -0.2) is 19.4 Å². The monoisotopic (exact) mass is 169 g/mol. The SMILES string of the molecule is CC(C)(CNCC=O)C1CCC1. The standard InChI is InChI=1S/C10H19NO/c1-10(2,8-11-6-7-12)9-4-3-5-9/h7,9,11H,3-6,8H2,1-2H3. The summed E-state index contributed by atoms with van der Waals surface area (Å²) in [5, 5.41) is 3.16. The molecule has 0 unspecified atom stereocenters. The molecule has 0 heterocycles. The minimum Gasteiger partial charge on any atom is -0.310 e. The van der Waals surface area contributed by atoms with Crippen molar-refractivity contribution >= 4 is 6.29 Å². The molecule has 1 rings (SSSR count). The molecular weight excluding hydrogens is 150 g/mol. The normalized spacial score (nSPS) is 18.8. The first-order valence-corrected chi connectivity index (χ1v) is 4.81. The van der Waals surface area contributed by atoms with Gasteiger partial charge in [0.1, 0.15) is 6.29 Å². The van der Waals surface area contributed by atoms with Crippen molar-refractivity contribution in [2.45, 2.75) is 33.1 Å². The van der Waals surface area contributed by atoms with Crippen molar-refractivity contribution < 1.29 is 4.79 Å². The second kappa shape index (κ2) is 4.04. The molecule has 0 amide bonds. The first-order valence-electron chi connectivity index (χ1n) is 4.81. The summed E-state index contributed by atoms with van der Waals surface area (Å²) in [5.74, 6) is 0.872. The van der Waals surface area contributed by atoms with E-state index < -0.39 is 0 Å². The summed E-state index contributed by atoms with van der Waals surface area (Å²) in [6.07, 6.45) is 5.06. The average Bonchev–Trinajstić information content (AvgIpc) is 1.82. The third-order valence-corrected chi connectivity index (χ3v) is 3.02. The molecular formula is C10H19NO. The van der Waals surface area contributed by atoms with Crippen molar-refractivity contribution in [2.75, 3.05) is 13.1 Å². The summed E-state index contributed by atoms with van der Waals surface area (Å²) in [5.41, 5.74) is 0.376. The number of nitrogens with one attached hydrogen (secondary N) is 1. The summed E-state index contributed by atoms with van der Waals surface area (Å²) in [6, 6.07) is 0. The Morgan fingerprint density at radius 1 is 1.50 bits per heavy atom. The largest absolute Gasteiger partial charge is 0.310 e. The summed E-state index contributed by atoms with van der Waals surface area (Å²) in [4.78, 5) is 10.1. The highest BCUT2D eigenvalue weighted by molar-refractivity contribution is 5.51. The number of rotatable bonds is 5. The van der Waals surface area contributed by atoms with E-state index in [4.69, 9.17) is 0 Å². The third kappa shape index (κ3) is 2.31. The van der Waals surface area contributed by atoms with Gasteiger partial charge in [0.15, 0.2) is 0 Å². The van der Waals surface area contributed by atoms with E-state index in [1.807, 2.05) is 0 Å². The summed E-state index contributed by atoms with van der Waals surface area (Å²) in [7, 11) is 0. The molecule has 1 aliphatic carbocycles. The number of carbonyl (C=O) groups excluding carboxylic acids is 1. The molecule has 1 fully saturated rings. The van der Waals surface area contributed by atoms with Crippen molar-refractivity contribution in [3.8, 4) is 0 Å². The molecule has 0 aromatic carbocycles. The molecule has 12 heavy (non-hydrogen) atoms. The minimum absolute atomic E-state index is 0.376. The van der Waals surface area contributed by atoms with Crippen LogP contribution in [0, 0.1) is 11.3 Å². The Kier molecular flexibility index (Phi) is 3.27. The Balaban J connectivity index is 2.21. The second-order valence-corrected chi connectivity index (χ2v) is 4.41. The molecule has 70 valence electrons. The van der Waals surface area contributed by atoms with Crippen LogP contribution in [0.2, 0.25) is 0 Å². The zero-order chi connectivity index (χ0) is 9.03. The lowest BCUT2D eigenvalue weighted by molar-refractivity contribution is -0.107. The van der Waals surface area contributed by atoms with Crippen LogP contribution in [0.3, 0.4) is 0 Å². The highest BCUT2D eigenvalue weighted by Gasteiger charge is 2.33. The van der Waals surface area contributed by atoms with Gasteiger partial charge in [-0.25, -0.2) is 0 Å². The fourth-order valence-electron chi connectivity index (χ4n) is 1.79. The highest BCUT2D eigenvalue weighted by Crippen LogP contribution is 2.40. The smallest absolute Gasteiger partial charge is 0.133 e. The van der Waals surface area contributed by atoms with E-state index in [-0.39, 0.29) is 0 Å².